The van der Waals surface area contributed by atoms with E-state index in [2.05, 4.69) is 24.4 Å². The van der Waals surface area contributed by atoms with Gasteiger partial charge in [0.15, 0.2) is 0 Å². The summed E-state index contributed by atoms with van der Waals surface area (Å²) in [7, 11) is 0. The number of piperidine rings is 1. The average molecular weight is 439 g/mol. The number of benzene rings is 1. The molecule has 2 amide bonds. The summed E-state index contributed by atoms with van der Waals surface area (Å²) < 4.78 is 0. The van der Waals surface area contributed by atoms with Crippen LogP contribution >= 0.6 is 0 Å². The van der Waals surface area contributed by atoms with E-state index in [-0.39, 0.29) is 23.0 Å². The predicted molar refractivity (Wildman–Crippen MR) is 125 cm³/mol. The number of carbonyl (C=O) groups excluding carboxylic acids is 2. The van der Waals surface area contributed by atoms with Gasteiger partial charge in [0.2, 0.25) is 5.91 Å². The number of nitrogens with one attached hydrogen (secondary N) is 1. The van der Waals surface area contributed by atoms with Gasteiger partial charge in [0.25, 0.3) is 5.91 Å². The van der Waals surface area contributed by atoms with Gasteiger partial charge in [0.1, 0.15) is 6.04 Å². The van der Waals surface area contributed by atoms with Gasteiger partial charge in [-0.05, 0) is 69.1 Å². The van der Waals surface area contributed by atoms with Crippen molar-refractivity contribution in [2.75, 3.05) is 13.1 Å². The number of carbonyl (C=O) groups is 3. The number of carboxylic acids is 1. The third kappa shape index (κ3) is 5.47. The molecule has 172 valence electrons. The molecule has 1 saturated heterocycles. The summed E-state index contributed by atoms with van der Waals surface area (Å²) in [4.78, 5) is 39.3. The first kappa shape index (κ1) is 23.8. The lowest BCUT2D eigenvalue weighted by Crippen LogP contribution is -2.53. The van der Waals surface area contributed by atoms with Gasteiger partial charge in [-0.15, -0.1) is 0 Å². The molecular formula is C26H34N2O4. The van der Waals surface area contributed by atoms with Gasteiger partial charge < -0.3 is 15.3 Å². The lowest BCUT2D eigenvalue weighted by atomic mass is 9.83. The Hall–Kier alpha value is -2.89. The van der Waals surface area contributed by atoms with Crippen LogP contribution in [0.3, 0.4) is 0 Å². The summed E-state index contributed by atoms with van der Waals surface area (Å²) in [5, 5.41) is 12.2. The molecule has 1 aliphatic heterocycles. The van der Waals surface area contributed by atoms with E-state index in [9.17, 15) is 19.5 Å². The van der Waals surface area contributed by atoms with Crippen molar-refractivity contribution in [1.82, 2.24) is 10.2 Å². The average Bonchev–Trinajstić information content (AvgIpc) is 2.77. The molecule has 1 aromatic carbocycles. The molecule has 1 aromatic rings. The Labute approximate surface area is 190 Å². The number of hydrogen-bond donors (Lipinski definition) is 2. The topological polar surface area (TPSA) is 86.7 Å². The van der Waals surface area contributed by atoms with Crippen LogP contribution in [0.25, 0.3) is 0 Å². The van der Waals surface area contributed by atoms with Gasteiger partial charge in [-0.25, -0.2) is 4.79 Å². The number of allylic oxidation sites excluding steroid dienone is 4. The number of nitrogens with zero attached hydrogens (tertiary/aromatic N) is 1. The van der Waals surface area contributed by atoms with Crippen molar-refractivity contribution >= 4 is 17.8 Å². The van der Waals surface area contributed by atoms with Crippen LogP contribution in [-0.4, -0.2) is 46.9 Å². The summed E-state index contributed by atoms with van der Waals surface area (Å²) in [5.41, 5.74) is 3.84. The molecule has 2 aliphatic rings. The Morgan fingerprint density at radius 3 is 2.31 bits per heavy atom. The van der Waals surface area contributed by atoms with Crippen molar-refractivity contribution in [2.45, 2.75) is 59.4 Å². The lowest BCUT2D eigenvalue weighted by Gasteiger charge is -2.36. The summed E-state index contributed by atoms with van der Waals surface area (Å²) in [6.07, 6.45) is 8.59. The van der Waals surface area contributed by atoms with Crippen LogP contribution in [0.4, 0.5) is 0 Å². The quantitative estimate of drug-likeness (QED) is 0.691. The molecule has 6 heteroatoms. The first-order valence-corrected chi connectivity index (χ1v) is 11.5. The highest BCUT2D eigenvalue weighted by Crippen LogP contribution is 2.31. The minimum atomic E-state index is -1.07. The van der Waals surface area contributed by atoms with Crippen molar-refractivity contribution in [1.29, 1.82) is 0 Å². The minimum absolute atomic E-state index is 0.0641. The Morgan fingerprint density at radius 2 is 1.75 bits per heavy atom. The Bertz CT molecular complexity index is 953. The summed E-state index contributed by atoms with van der Waals surface area (Å²) in [6.45, 7) is 9.06. The predicted octanol–water partition coefficient (Wildman–Crippen LogP) is 4.35. The van der Waals surface area contributed by atoms with Gasteiger partial charge in [-0.2, -0.15) is 0 Å². The molecule has 2 N–H and O–H groups in total. The van der Waals surface area contributed by atoms with Gasteiger partial charge >= 0.3 is 5.97 Å². The third-order valence-electron chi connectivity index (χ3n) is 6.67. The fraction of sp³-hybridized carbons (Fsp3) is 0.500. The highest BCUT2D eigenvalue weighted by atomic mass is 16.4. The zero-order valence-corrected chi connectivity index (χ0v) is 19.5. The van der Waals surface area contributed by atoms with E-state index in [1.54, 1.807) is 19.1 Å². The zero-order chi connectivity index (χ0) is 23.4. The molecule has 1 fully saturated rings. The van der Waals surface area contributed by atoms with E-state index in [4.69, 9.17) is 0 Å². The van der Waals surface area contributed by atoms with Crippen molar-refractivity contribution in [3.63, 3.8) is 0 Å². The number of amides is 2. The number of likely N-dealkylation sites (tertiary alicyclic amines) is 1. The van der Waals surface area contributed by atoms with E-state index < -0.39 is 17.9 Å². The Kier molecular flexibility index (Phi) is 7.54. The fourth-order valence-electron chi connectivity index (χ4n) is 4.50. The van der Waals surface area contributed by atoms with Gasteiger partial charge in [-0.3, -0.25) is 9.59 Å². The standard InChI is InChI=1S/C26H34N2O4/c1-16(2)23(27-24(29)21-10-7-18(4)22(15-21)26(31)32)25(30)28-13-11-20(12-14-28)19-8-5-17(3)6-9-19/h5,7-8,10,15-16,20,23H,6,9,11-14H2,1-4H3,(H,27,29)(H,31,32)/t23-/m1/s1. The van der Waals surface area contributed by atoms with E-state index in [0.717, 1.165) is 25.7 Å². The molecule has 1 atom stereocenters. The molecular weight excluding hydrogens is 404 g/mol. The van der Waals surface area contributed by atoms with Crippen LogP contribution in [0.15, 0.2) is 41.5 Å². The Morgan fingerprint density at radius 1 is 1.06 bits per heavy atom. The largest absolute Gasteiger partial charge is 0.478 e. The first-order chi connectivity index (χ1) is 15.2. The lowest BCUT2D eigenvalue weighted by molar-refractivity contribution is -0.135. The number of aryl methyl sites for hydroxylation is 1. The monoisotopic (exact) mass is 438 g/mol. The van der Waals surface area contributed by atoms with E-state index >= 15 is 0 Å². The molecule has 3 rings (SSSR count). The summed E-state index contributed by atoms with van der Waals surface area (Å²) in [5.74, 6) is -1.12. The number of carboxylic acid groups (broad SMARTS) is 1. The third-order valence-corrected chi connectivity index (χ3v) is 6.67. The van der Waals surface area contributed by atoms with E-state index in [1.807, 2.05) is 18.7 Å². The number of rotatable bonds is 6. The van der Waals surface area contributed by atoms with Crippen molar-refractivity contribution in [3.05, 3.63) is 58.2 Å². The second-order valence-electron chi connectivity index (χ2n) is 9.38. The van der Waals surface area contributed by atoms with Crippen LogP contribution in [0.1, 0.15) is 72.7 Å². The molecule has 6 nitrogen and oxygen atoms in total. The fourth-order valence-corrected chi connectivity index (χ4v) is 4.50. The zero-order valence-electron chi connectivity index (χ0n) is 19.5. The van der Waals surface area contributed by atoms with Crippen LogP contribution in [0.2, 0.25) is 0 Å². The SMILES string of the molecule is CC1=CC=C(C2CCN(C(=O)[C@H](NC(=O)c3ccc(C)c(C(=O)O)c3)C(C)C)CC2)CC1. The van der Waals surface area contributed by atoms with Gasteiger partial charge in [0, 0.05) is 18.7 Å². The Balaban J connectivity index is 1.65. The summed E-state index contributed by atoms with van der Waals surface area (Å²) >= 11 is 0. The molecule has 32 heavy (non-hydrogen) atoms. The number of aromatic carboxylic acids is 1. The first-order valence-electron chi connectivity index (χ1n) is 11.5. The van der Waals surface area contributed by atoms with Crippen LogP contribution in [0.5, 0.6) is 0 Å². The molecule has 1 aliphatic carbocycles. The molecule has 0 spiro atoms. The molecule has 0 saturated carbocycles. The molecule has 0 aromatic heterocycles. The second kappa shape index (κ2) is 10.2. The van der Waals surface area contributed by atoms with Gasteiger partial charge in [-0.1, -0.05) is 43.2 Å². The van der Waals surface area contributed by atoms with E-state index in [1.165, 1.54) is 17.2 Å². The highest BCUT2D eigenvalue weighted by molar-refractivity contribution is 6.00. The minimum Gasteiger partial charge on any atom is -0.478 e. The van der Waals surface area contributed by atoms with Crippen LogP contribution in [0, 0.1) is 18.8 Å². The highest BCUT2D eigenvalue weighted by Gasteiger charge is 2.32. The van der Waals surface area contributed by atoms with Crippen LogP contribution < -0.4 is 5.32 Å². The maximum Gasteiger partial charge on any atom is 0.335 e. The summed E-state index contributed by atoms with van der Waals surface area (Å²) in [6, 6.07) is 3.94. The molecule has 0 bridgehead atoms. The maximum absolute atomic E-state index is 13.3. The maximum atomic E-state index is 13.3. The van der Waals surface area contributed by atoms with Crippen molar-refractivity contribution in [2.24, 2.45) is 11.8 Å². The second-order valence-corrected chi connectivity index (χ2v) is 9.38. The van der Waals surface area contributed by atoms with E-state index in [0.29, 0.717) is 24.6 Å². The normalized spacial score (nSPS) is 18.1. The molecule has 0 radical (unpaired) electrons. The number of hydrogen-bond acceptors (Lipinski definition) is 3. The van der Waals surface area contributed by atoms with Crippen LogP contribution in [-0.2, 0) is 4.79 Å². The molecule has 1 heterocycles. The van der Waals surface area contributed by atoms with Crippen molar-refractivity contribution in [3.8, 4) is 0 Å². The van der Waals surface area contributed by atoms with Crippen molar-refractivity contribution < 1.29 is 19.5 Å². The smallest absolute Gasteiger partial charge is 0.335 e. The molecule has 0 unspecified atom stereocenters. The van der Waals surface area contributed by atoms with Gasteiger partial charge in [0.05, 0.1) is 5.56 Å².